The van der Waals surface area contributed by atoms with Crippen LogP contribution in [0.3, 0.4) is 0 Å². The molecule has 2 unspecified atom stereocenters. The second-order valence-electron chi connectivity index (χ2n) is 6.53. The lowest BCUT2D eigenvalue weighted by molar-refractivity contribution is -0.118. The molecule has 23 heavy (non-hydrogen) atoms. The van der Waals surface area contributed by atoms with Crippen LogP contribution < -0.4 is 11.1 Å². The molecule has 1 amide bonds. The number of carbonyl (C=O) groups is 1. The van der Waals surface area contributed by atoms with Crippen molar-refractivity contribution in [2.45, 2.75) is 38.8 Å². The molecule has 1 aliphatic heterocycles. The molecule has 1 aromatic rings. The van der Waals surface area contributed by atoms with E-state index in [1.807, 2.05) is 12.1 Å². The number of hydrogen-bond acceptors (Lipinski definition) is 4. The van der Waals surface area contributed by atoms with Gasteiger partial charge in [0.25, 0.3) is 0 Å². The molecule has 2 atom stereocenters. The molecule has 3 N–H and O–H groups in total. The van der Waals surface area contributed by atoms with Gasteiger partial charge in [-0.1, -0.05) is 19.1 Å². The van der Waals surface area contributed by atoms with E-state index in [0.717, 1.165) is 18.2 Å². The lowest BCUT2D eigenvalue weighted by atomic mass is 10.00. The minimum Gasteiger partial charge on any atom is -0.380 e. The van der Waals surface area contributed by atoms with E-state index in [-0.39, 0.29) is 18.4 Å². The van der Waals surface area contributed by atoms with E-state index in [2.05, 4.69) is 29.3 Å². The largest absolute Gasteiger partial charge is 0.380 e. The fourth-order valence-electron chi connectivity index (χ4n) is 3.06. The summed E-state index contributed by atoms with van der Waals surface area (Å²) in [4.78, 5) is 14.4. The monoisotopic (exact) mass is 319 g/mol. The van der Waals surface area contributed by atoms with Gasteiger partial charge in [0.05, 0.1) is 12.5 Å². The van der Waals surface area contributed by atoms with Gasteiger partial charge in [0.15, 0.2) is 0 Å². The van der Waals surface area contributed by atoms with Crippen molar-refractivity contribution >= 4 is 11.6 Å². The number of carbonyl (C=O) groups excluding carboxylic acids is 1. The quantitative estimate of drug-likeness (QED) is 0.809. The van der Waals surface area contributed by atoms with Crippen molar-refractivity contribution in [3.63, 3.8) is 0 Å². The number of methoxy groups -OCH3 is 1. The highest BCUT2D eigenvalue weighted by molar-refractivity contribution is 5.91. The molecule has 2 rings (SSSR count). The van der Waals surface area contributed by atoms with Gasteiger partial charge in [0, 0.05) is 32.4 Å². The topological polar surface area (TPSA) is 67.6 Å². The smallest absolute Gasteiger partial charge is 0.227 e. The number of piperidine rings is 1. The van der Waals surface area contributed by atoms with Crippen molar-refractivity contribution in [3.05, 3.63) is 29.8 Å². The Balaban J connectivity index is 1.83. The van der Waals surface area contributed by atoms with Gasteiger partial charge in [0.1, 0.15) is 0 Å². The second kappa shape index (κ2) is 9.01. The van der Waals surface area contributed by atoms with E-state index >= 15 is 0 Å². The van der Waals surface area contributed by atoms with Gasteiger partial charge in [-0.3, -0.25) is 9.69 Å². The summed E-state index contributed by atoms with van der Waals surface area (Å²) in [5.41, 5.74) is 7.64. The molecule has 0 radical (unpaired) electrons. The van der Waals surface area contributed by atoms with Gasteiger partial charge in [0.2, 0.25) is 5.91 Å². The summed E-state index contributed by atoms with van der Waals surface area (Å²) in [5, 5.41) is 2.89. The standard InChI is InChI=1S/C18H29N3O2/c1-14-4-3-9-21(12-14)13-15-5-7-16(8-6-15)20-18(22)10-17(11-19)23-2/h5-8,14,17H,3-4,9-13,19H2,1-2H3,(H,20,22). The molecule has 5 nitrogen and oxygen atoms in total. The van der Waals surface area contributed by atoms with Crippen LogP contribution >= 0.6 is 0 Å². The normalized spacial score (nSPS) is 20.2. The van der Waals surface area contributed by atoms with Gasteiger partial charge in [-0.2, -0.15) is 0 Å². The zero-order valence-electron chi connectivity index (χ0n) is 14.3. The molecule has 0 bridgehead atoms. The van der Waals surface area contributed by atoms with Crippen LogP contribution in [0, 0.1) is 5.92 Å². The van der Waals surface area contributed by atoms with Crippen LogP contribution in [-0.2, 0) is 16.1 Å². The SMILES string of the molecule is COC(CN)CC(=O)Nc1ccc(CN2CCCC(C)C2)cc1. The number of likely N-dealkylation sites (tertiary alicyclic amines) is 1. The highest BCUT2D eigenvalue weighted by atomic mass is 16.5. The van der Waals surface area contributed by atoms with Gasteiger partial charge in [-0.15, -0.1) is 0 Å². The lowest BCUT2D eigenvalue weighted by Gasteiger charge is -2.30. The van der Waals surface area contributed by atoms with Gasteiger partial charge in [-0.25, -0.2) is 0 Å². The molecule has 1 aliphatic rings. The first-order valence-corrected chi connectivity index (χ1v) is 8.44. The molecule has 128 valence electrons. The van der Waals surface area contributed by atoms with E-state index < -0.39 is 0 Å². The Morgan fingerprint density at radius 3 is 2.78 bits per heavy atom. The number of amides is 1. The maximum absolute atomic E-state index is 11.9. The maximum Gasteiger partial charge on any atom is 0.227 e. The highest BCUT2D eigenvalue weighted by Gasteiger charge is 2.16. The molecule has 1 heterocycles. The average molecular weight is 319 g/mol. The number of benzene rings is 1. The molecular weight excluding hydrogens is 290 g/mol. The van der Waals surface area contributed by atoms with Crippen molar-refractivity contribution in [1.82, 2.24) is 4.90 Å². The van der Waals surface area contributed by atoms with Crippen molar-refractivity contribution in [3.8, 4) is 0 Å². The first-order chi connectivity index (χ1) is 11.1. The third-order valence-corrected chi connectivity index (χ3v) is 4.39. The molecule has 1 aromatic carbocycles. The van der Waals surface area contributed by atoms with Gasteiger partial charge < -0.3 is 15.8 Å². The summed E-state index contributed by atoms with van der Waals surface area (Å²) in [5.74, 6) is 0.721. The Hall–Kier alpha value is -1.43. The molecule has 1 saturated heterocycles. The number of nitrogens with zero attached hydrogens (tertiary/aromatic N) is 1. The Kier molecular flexibility index (Phi) is 7.02. The zero-order valence-corrected chi connectivity index (χ0v) is 14.3. The molecular formula is C18H29N3O2. The molecule has 5 heteroatoms. The van der Waals surface area contributed by atoms with Crippen LogP contribution in [0.15, 0.2) is 24.3 Å². The Labute approximate surface area is 139 Å². The predicted octanol–water partition coefficient (Wildman–Crippen LogP) is 2.22. The molecule has 1 fully saturated rings. The van der Waals surface area contributed by atoms with Crippen molar-refractivity contribution in [1.29, 1.82) is 0 Å². The van der Waals surface area contributed by atoms with E-state index in [1.165, 1.54) is 31.5 Å². The van der Waals surface area contributed by atoms with Crippen LogP contribution in [-0.4, -0.2) is 43.7 Å². The molecule has 0 aliphatic carbocycles. The average Bonchev–Trinajstić information content (AvgIpc) is 2.54. The van der Waals surface area contributed by atoms with E-state index in [1.54, 1.807) is 7.11 Å². The first-order valence-electron chi connectivity index (χ1n) is 8.44. The minimum atomic E-state index is -0.227. The maximum atomic E-state index is 11.9. The van der Waals surface area contributed by atoms with E-state index in [0.29, 0.717) is 6.54 Å². The number of nitrogens with two attached hydrogens (primary N) is 1. The fraction of sp³-hybridized carbons (Fsp3) is 0.611. The van der Waals surface area contributed by atoms with Crippen LogP contribution in [0.1, 0.15) is 31.7 Å². The molecule has 0 aromatic heterocycles. The van der Waals surface area contributed by atoms with Crippen LogP contribution in [0.2, 0.25) is 0 Å². The molecule has 0 spiro atoms. The number of hydrogen-bond donors (Lipinski definition) is 2. The fourth-order valence-corrected chi connectivity index (χ4v) is 3.06. The van der Waals surface area contributed by atoms with Crippen molar-refractivity contribution < 1.29 is 9.53 Å². The number of ether oxygens (including phenoxy) is 1. The zero-order chi connectivity index (χ0) is 16.7. The summed E-state index contributed by atoms with van der Waals surface area (Å²) in [7, 11) is 1.57. The minimum absolute atomic E-state index is 0.0695. The summed E-state index contributed by atoms with van der Waals surface area (Å²) < 4.78 is 5.13. The number of nitrogens with one attached hydrogen (secondary N) is 1. The summed E-state index contributed by atoms with van der Waals surface area (Å²) in [6, 6.07) is 8.10. The van der Waals surface area contributed by atoms with Crippen LogP contribution in [0.5, 0.6) is 0 Å². The van der Waals surface area contributed by atoms with Crippen LogP contribution in [0.25, 0.3) is 0 Å². The van der Waals surface area contributed by atoms with E-state index in [4.69, 9.17) is 10.5 Å². The summed E-state index contributed by atoms with van der Waals surface area (Å²) in [6.07, 6.45) is 2.68. The number of anilines is 1. The van der Waals surface area contributed by atoms with Crippen LogP contribution in [0.4, 0.5) is 5.69 Å². The molecule has 0 saturated carbocycles. The van der Waals surface area contributed by atoms with Gasteiger partial charge in [-0.05, 0) is 43.0 Å². The third-order valence-electron chi connectivity index (χ3n) is 4.39. The first kappa shape index (κ1) is 17.9. The van der Waals surface area contributed by atoms with E-state index in [9.17, 15) is 4.79 Å². The Morgan fingerprint density at radius 2 is 2.17 bits per heavy atom. The second-order valence-corrected chi connectivity index (χ2v) is 6.53. The van der Waals surface area contributed by atoms with Crippen molar-refractivity contribution in [2.24, 2.45) is 11.7 Å². The number of rotatable bonds is 7. The lowest BCUT2D eigenvalue weighted by Crippen LogP contribution is -2.33. The highest BCUT2D eigenvalue weighted by Crippen LogP contribution is 2.19. The van der Waals surface area contributed by atoms with Crippen molar-refractivity contribution in [2.75, 3.05) is 32.1 Å². The summed E-state index contributed by atoms with van der Waals surface area (Å²) in [6.45, 7) is 6.00. The predicted molar refractivity (Wildman–Crippen MR) is 93.2 cm³/mol. The third kappa shape index (κ3) is 5.94. The summed E-state index contributed by atoms with van der Waals surface area (Å²) >= 11 is 0. The Bertz CT molecular complexity index is 486. The van der Waals surface area contributed by atoms with Gasteiger partial charge >= 0.3 is 0 Å². The Morgan fingerprint density at radius 1 is 1.43 bits per heavy atom.